The standard InChI is InChI=1S/C20H27F3N2O/c1-12(13-4-3-7-16(9-13)20(21,22)23)8-18(26)25-19-14-5-2-6-15(19)11-17(24)10-14/h3-4,7,9,12,14-15,17,19H,2,5-6,8,10-11,24H2,1H3,(H,25,26). The summed E-state index contributed by atoms with van der Waals surface area (Å²) in [5, 5.41) is 3.17. The van der Waals surface area contributed by atoms with E-state index in [9.17, 15) is 18.0 Å². The maximum absolute atomic E-state index is 12.9. The molecule has 2 aliphatic carbocycles. The molecule has 3 atom stereocenters. The Balaban J connectivity index is 1.61. The first-order valence-electron chi connectivity index (χ1n) is 9.46. The van der Waals surface area contributed by atoms with Gasteiger partial charge in [0.05, 0.1) is 5.56 Å². The number of benzene rings is 1. The highest BCUT2D eigenvalue weighted by Crippen LogP contribution is 2.40. The summed E-state index contributed by atoms with van der Waals surface area (Å²) in [5.41, 5.74) is 5.99. The monoisotopic (exact) mass is 368 g/mol. The van der Waals surface area contributed by atoms with E-state index in [2.05, 4.69) is 5.32 Å². The third-order valence-corrected chi connectivity index (χ3v) is 5.98. The van der Waals surface area contributed by atoms with Crippen LogP contribution >= 0.6 is 0 Å². The lowest BCUT2D eigenvalue weighted by molar-refractivity contribution is -0.137. The second kappa shape index (κ2) is 7.59. The number of halogens is 3. The van der Waals surface area contributed by atoms with Crippen molar-refractivity contribution in [1.29, 1.82) is 0 Å². The van der Waals surface area contributed by atoms with Crippen LogP contribution in [0.5, 0.6) is 0 Å². The molecule has 0 saturated heterocycles. The Morgan fingerprint density at radius 3 is 2.54 bits per heavy atom. The molecule has 2 bridgehead atoms. The number of rotatable bonds is 4. The largest absolute Gasteiger partial charge is 0.416 e. The maximum Gasteiger partial charge on any atom is 0.416 e. The number of carbonyl (C=O) groups is 1. The highest BCUT2D eigenvalue weighted by molar-refractivity contribution is 5.77. The predicted molar refractivity (Wildman–Crippen MR) is 94.4 cm³/mol. The van der Waals surface area contributed by atoms with Crippen LogP contribution in [0, 0.1) is 11.8 Å². The first-order chi connectivity index (χ1) is 12.2. The first-order valence-corrected chi connectivity index (χ1v) is 9.46. The van der Waals surface area contributed by atoms with Gasteiger partial charge in [0, 0.05) is 18.5 Å². The molecular formula is C20H27F3N2O. The molecule has 1 amide bonds. The van der Waals surface area contributed by atoms with E-state index >= 15 is 0 Å². The van der Waals surface area contributed by atoms with Crippen molar-refractivity contribution in [2.75, 3.05) is 0 Å². The van der Waals surface area contributed by atoms with Gasteiger partial charge in [-0.25, -0.2) is 0 Å². The van der Waals surface area contributed by atoms with Crippen LogP contribution in [0.25, 0.3) is 0 Å². The van der Waals surface area contributed by atoms with Gasteiger partial charge in [-0.15, -0.1) is 0 Å². The number of nitrogens with one attached hydrogen (secondary N) is 1. The van der Waals surface area contributed by atoms with Crippen LogP contribution in [0.15, 0.2) is 24.3 Å². The topological polar surface area (TPSA) is 55.1 Å². The number of amides is 1. The lowest BCUT2D eigenvalue weighted by Gasteiger charge is -2.45. The number of hydrogen-bond donors (Lipinski definition) is 2. The average Bonchev–Trinajstić information content (AvgIpc) is 2.55. The molecule has 3 N–H and O–H groups in total. The van der Waals surface area contributed by atoms with Crippen molar-refractivity contribution >= 4 is 5.91 Å². The van der Waals surface area contributed by atoms with Gasteiger partial charge in [-0.3, -0.25) is 4.79 Å². The van der Waals surface area contributed by atoms with Crippen LogP contribution < -0.4 is 11.1 Å². The number of nitrogens with two attached hydrogens (primary N) is 1. The zero-order valence-electron chi connectivity index (χ0n) is 15.1. The van der Waals surface area contributed by atoms with Crippen LogP contribution in [0.1, 0.15) is 62.5 Å². The minimum Gasteiger partial charge on any atom is -0.353 e. The van der Waals surface area contributed by atoms with Gasteiger partial charge < -0.3 is 11.1 Å². The molecule has 0 spiro atoms. The van der Waals surface area contributed by atoms with Gasteiger partial charge in [0.25, 0.3) is 0 Å². The minimum absolute atomic E-state index is 0.0766. The summed E-state index contributed by atoms with van der Waals surface area (Å²) in [5.74, 6) is 0.533. The van der Waals surface area contributed by atoms with E-state index in [4.69, 9.17) is 5.73 Å². The quantitative estimate of drug-likeness (QED) is 0.836. The molecule has 6 heteroatoms. The average molecular weight is 368 g/mol. The molecule has 2 aliphatic rings. The highest BCUT2D eigenvalue weighted by atomic mass is 19.4. The van der Waals surface area contributed by atoms with E-state index in [-0.39, 0.29) is 30.3 Å². The van der Waals surface area contributed by atoms with Gasteiger partial charge in [0.2, 0.25) is 5.91 Å². The summed E-state index contributed by atoms with van der Waals surface area (Å²) >= 11 is 0. The van der Waals surface area contributed by atoms with Gasteiger partial charge in [-0.05, 0) is 55.1 Å². The molecule has 3 unspecified atom stereocenters. The summed E-state index contributed by atoms with van der Waals surface area (Å²) in [7, 11) is 0. The van der Waals surface area contributed by atoms with E-state index in [0.29, 0.717) is 17.4 Å². The second-order valence-corrected chi connectivity index (χ2v) is 8.00. The number of carbonyl (C=O) groups excluding carboxylic acids is 1. The van der Waals surface area contributed by atoms with E-state index < -0.39 is 11.7 Å². The molecule has 3 rings (SSSR count). The molecule has 0 heterocycles. The first kappa shape index (κ1) is 19.2. The molecule has 144 valence electrons. The Hall–Kier alpha value is -1.56. The van der Waals surface area contributed by atoms with E-state index in [0.717, 1.165) is 37.8 Å². The van der Waals surface area contributed by atoms with Crippen molar-refractivity contribution in [3.63, 3.8) is 0 Å². The Kier molecular flexibility index (Phi) is 5.61. The van der Waals surface area contributed by atoms with Crippen molar-refractivity contribution < 1.29 is 18.0 Å². The molecular weight excluding hydrogens is 341 g/mol. The van der Waals surface area contributed by atoms with Gasteiger partial charge in [-0.2, -0.15) is 13.2 Å². The molecule has 3 nitrogen and oxygen atoms in total. The zero-order valence-corrected chi connectivity index (χ0v) is 15.1. The minimum atomic E-state index is -4.36. The van der Waals surface area contributed by atoms with Crippen molar-refractivity contribution in [3.8, 4) is 0 Å². The summed E-state index contributed by atoms with van der Waals surface area (Å²) in [4.78, 5) is 12.5. The van der Waals surface area contributed by atoms with Gasteiger partial charge in [-0.1, -0.05) is 31.5 Å². The van der Waals surface area contributed by atoms with Crippen molar-refractivity contribution in [2.24, 2.45) is 17.6 Å². The summed E-state index contributed by atoms with van der Waals surface area (Å²) < 4.78 is 38.6. The van der Waals surface area contributed by atoms with Gasteiger partial charge in [0.1, 0.15) is 0 Å². The fraction of sp³-hybridized carbons (Fsp3) is 0.650. The SMILES string of the molecule is CC(CC(=O)NC1C2CCCC1CC(N)C2)c1cccc(C(F)(F)F)c1. The lowest BCUT2D eigenvalue weighted by Crippen LogP contribution is -2.53. The summed E-state index contributed by atoms with van der Waals surface area (Å²) in [6, 6.07) is 5.66. The molecule has 1 aromatic carbocycles. The molecule has 0 aliphatic heterocycles. The lowest BCUT2D eigenvalue weighted by atomic mass is 9.67. The Bertz CT molecular complexity index is 632. The van der Waals surface area contributed by atoms with Crippen molar-refractivity contribution in [3.05, 3.63) is 35.4 Å². The second-order valence-electron chi connectivity index (χ2n) is 8.00. The predicted octanol–water partition coefficient (Wildman–Crippen LogP) is 4.22. The zero-order chi connectivity index (χ0) is 18.9. The van der Waals surface area contributed by atoms with E-state index in [1.54, 1.807) is 13.0 Å². The van der Waals surface area contributed by atoms with Crippen molar-refractivity contribution in [2.45, 2.75) is 69.6 Å². The summed E-state index contributed by atoms with van der Waals surface area (Å²) in [6.07, 6.45) is 1.11. The number of fused-ring (bicyclic) bond motifs is 2. The summed E-state index contributed by atoms with van der Waals surface area (Å²) in [6.45, 7) is 1.80. The van der Waals surface area contributed by atoms with Gasteiger partial charge in [0.15, 0.2) is 0 Å². The molecule has 26 heavy (non-hydrogen) atoms. The maximum atomic E-state index is 12.9. The fourth-order valence-corrected chi connectivity index (χ4v) is 4.69. The molecule has 0 aromatic heterocycles. The smallest absolute Gasteiger partial charge is 0.353 e. The number of alkyl halides is 3. The Morgan fingerprint density at radius 2 is 1.92 bits per heavy atom. The van der Waals surface area contributed by atoms with Crippen LogP contribution in [-0.2, 0) is 11.0 Å². The normalized spacial score (nSPS) is 29.9. The van der Waals surface area contributed by atoms with E-state index in [1.807, 2.05) is 0 Å². The Labute approximate surface area is 152 Å². The molecule has 1 aromatic rings. The van der Waals surface area contributed by atoms with Crippen LogP contribution in [0.2, 0.25) is 0 Å². The third kappa shape index (κ3) is 4.40. The Morgan fingerprint density at radius 1 is 1.27 bits per heavy atom. The highest BCUT2D eigenvalue weighted by Gasteiger charge is 2.40. The molecule has 2 saturated carbocycles. The number of hydrogen-bond acceptors (Lipinski definition) is 2. The third-order valence-electron chi connectivity index (χ3n) is 5.98. The van der Waals surface area contributed by atoms with Crippen LogP contribution in [0.3, 0.4) is 0 Å². The van der Waals surface area contributed by atoms with Gasteiger partial charge >= 0.3 is 6.18 Å². The van der Waals surface area contributed by atoms with Crippen LogP contribution in [0.4, 0.5) is 13.2 Å². The van der Waals surface area contributed by atoms with E-state index in [1.165, 1.54) is 12.5 Å². The fourth-order valence-electron chi connectivity index (χ4n) is 4.69. The molecule has 2 fully saturated rings. The van der Waals surface area contributed by atoms with Crippen LogP contribution in [-0.4, -0.2) is 18.0 Å². The molecule has 0 radical (unpaired) electrons. The van der Waals surface area contributed by atoms with Crippen molar-refractivity contribution in [1.82, 2.24) is 5.32 Å².